The Hall–Kier alpha value is -0.960. The summed E-state index contributed by atoms with van der Waals surface area (Å²) in [6.45, 7) is 1.85. The van der Waals surface area contributed by atoms with Crippen molar-refractivity contribution >= 4 is 15.1 Å². The lowest BCUT2D eigenvalue weighted by molar-refractivity contribution is -0.119. The summed E-state index contributed by atoms with van der Waals surface area (Å²) >= 11 is 0. The van der Waals surface area contributed by atoms with Crippen LogP contribution < -0.4 is 5.32 Å². The molecule has 1 aromatic rings. The number of rotatable bonds is 3. The monoisotopic (exact) mass is 186 g/mol. The summed E-state index contributed by atoms with van der Waals surface area (Å²) in [4.78, 5) is 10.5. The average molecular weight is 186 g/mol. The Labute approximate surface area is 72.7 Å². The van der Waals surface area contributed by atoms with Crippen LogP contribution >= 0.6 is 9.24 Å². The van der Waals surface area contributed by atoms with E-state index in [-0.39, 0.29) is 5.91 Å². The van der Waals surface area contributed by atoms with Gasteiger partial charge in [0.2, 0.25) is 5.91 Å². The third-order valence-electron chi connectivity index (χ3n) is 1.29. The molecule has 1 rings (SSSR count). The molecule has 1 aromatic heterocycles. The highest BCUT2D eigenvalue weighted by molar-refractivity contribution is 7.15. The van der Waals surface area contributed by atoms with Crippen molar-refractivity contribution in [3.05, 3.63) is 11.9 Å². The Morgan fingerprint density at radius 3 is 3.08 bits per heavy atom. The lowest BCUT2D eigenvalue weighted by Crippen LogP contribution is -2.23. The van der Waals surface area contributed by atoms with E-state index in [1.807, 2.05) is 0 Å². The Balaban J connectivity index is 2.47. The van der Waals surface area contributed by atoms with E-state index < -0.39 is 0 Å². The first-order valence-electron chi connectivity index (χ1n) is 3.56. The molecule has 0 fully saturated rings. The fourth-order valence-electron chi connectivity index (χ4n) is 0.702. The van der Waals surface area contributed by atoms with Gasteiger partial charge in [-0.05, 0) is 0 Å². The predicted octanol–water partition coefficient (Wildman–Crippen LogP) is -0.253. The molecule has 0 bridgehead atoms. The molecule has 0 aliphatic carbocycles. The fraction of sp³-hybridized carbons (Fsp3) is 0.500. The molecule has 0 radical (unpaired) electrons. The van der Waals surface area contributed by atoms with Gasteiger partial charge in [0.25, 0.3) is 0 Å². The number of nitrogens with one attached hydrogen (secondary N) is 1. The lowest BCUT2D eigenvalue weighted by Gasteiger charge is -1.98. The minimum absolute atomic E-state index is 0.0714. The molecule has 0 saturated carbocycles. The first-order valence-corrected chi connectivity index (χ1v) is 4.37. The van der Waals surface area contributed by atoms with Crippen molar-refractivity contribution in [2.75, 3.05) is 0 Å². The number of nitrogens with zero attached hydrogens (tertiary/aromatic N) is 3. The lowest BCUT2D eigenvalue weighted by atomic mass is 10.5. The van der Waals surface area contributed by atoms with Crippen molar-refractivity contribution in [3.63, 3.8) is 0 Å². The van der Waals surface area contributed by atoms with Crippen LogP contribution in [0.2, 0.25) is 0 Å². The maximum atomic E-state index is 10.5. The van der Waals surface area contributed by atoms with Crippen molar-refractivity contribution < 1.29 is 4.79 Å². The summed E-state index contributed by atoms with van der Waals surface area (Å²) < 4.78 is 1.58. The van der Waals surface area contributed by atoms with Gasteiger partial charge in [0.15, 0.2) is 0 Å². The highest BCUT2D eigenvalue weighted by Crippen LogP contribution is 1.98. The molecule has 1 unspecified atom stereocenters. The van der Waals surface area contributed by atoms with Gasteiger partial charge < -0.3 is 5.32 Å². The Morgan fingerprint density at radius 2 is 2.58 bits per heavy atom. The molecule has 1 atom stereocenters. The minimum atomic E-state index is -0.0714. The van der Waals surface area contributed by atoms with Crippen molar-refractivity contribution in [1.82, 2.24) is 20.3 Å². The molecule has 1 N–H and O–H groups in total. The standard InChI is InChI=1S/C6H11N4OP/c1-5(11)7-4-10-2-6(3-12)8-9-10/h2H,3-4,12H2,1H3,(H,7,11). The smallest absolute Gasteiger partial charge is 0.218 e. The number of carbonyl (C=O) groups is 1. The quantitative estimate of drug-likeness (QED) is 0.662. The SMILES string of the molecule is CC(=O)NCn1cc(CP)nn1. The number of hydrogen-bond donors (Lipinski definition) is 1. The fourth-order valence-corrected chi connectivity index (χ4v) is 0.889. The molecule has 0 spiro atoms. The van der Waals surface area contributed by atoms with Crippen molar-refractivity contribution in [2.45, 2.75) is 19.8 Å². The Kier molecular flexibility index (Phi) is 3.17. The van der Waals surface area contributed by atoms with Crippen LogP contribution in [0.15, 0.2) is 6.20 Å². The second-order valence-corrected chi connectivity index (χ2v) is 2.75. The predicted molar refractivity (Wildman–Crippen MR) is 47.3 cm³/mol. The van der Waals surface area contributed by atoms with Crippen molar-refractivity contribution in [3.8, 4) is 0 Å². The van der Waals surface area contributed by atoms with Gasteiger partial charge in [0, 0.05) is 13.1 Å². The van der Waals surface area contributed by atoms with E-state index in [0.717, 1.165) is 11.9 Å². The molecular weight excluding hydrogens is 175 g/mol. The van der Waals surface area contributed by atoms with E-state index in [1.54, 1.807) is 10.9 Å². The highest BCUT2D eigenvalue weighted by atomic mass is 31.0. The zero-order valence-corrected chi connectivity index (χ0v) is 7.97. The topological polar surface area (TPSA) is 59.8 Å². The first-order chi connectivity index (χ1) is 5.72. The Bertz CT molecular complexity index is 272. The molecular formula is C6H11N4OP. The van der Waals surface area contributed by atoms with Gasteiger partial charge in [-0.3, -0.25) is 4.79 Å². The third kappa shape index (κ3) is 2.58. The van der Waals surface area contributed by atoms with Crippen LogP contribution in [0.1, 0.15) is 12.6 Å². The molecule has 0 aliphatic rings. The molecule has 0 aromatic carbocycles. The van der Waals surface area contributed by atoms with E-state index in [1.165, 1.54) is 6.92 Å². The summed E-state index contributed by atoms with van der Waals surface area (Å²) in [5.74, 6) is -0.0714. The second-order valence-electron chi connectivity index (χ2n) is 2.34. The summed E-state index contributed by atoms with van der Waals surface area (Å²) in [6, 6.07) is 0. The van der Waals surface area contributed by atoms with E-state index in [2.05, 4.69) is 24.9 Å². The molecule has 5 nitrogen and oxygen atoms in total. The molecule has 0 saturated heterocycles. The normalized spacial score (nSPS) is 9.83. The number of aromatic nitrogens is 3. The van der Waals surface area contributed by atoms with E-state index in [9.17, 15) is 4.79 Å². The number of hydrogen-bond acceptors (Lipinski definition) is 3. The van der Waals surface area contributed by atoms with E-state index in [0.29, 0.717) is 6.67 Å². The van der Waals surface area contributed by atoms with Gasteiger partial charge in [-0.2, -0.15) is 0 Å². The van der Waals surface area contributed by atoms with Crippen LogP contribution in [0.3, 0.4) is 0 Å². The van der Waals surface area contributed by atoms with Crippen LogP contribution in [0.4, 0.5) is 0 Å². The van der Waals surface area contributed by atoms with Crippen LogP contribution in [-0.2, 0) is 17.6 Å². The third-order valence-corrected chi connectivity index (χ3v) is 1.70. The van der Waals surface area contributed by atoms with Gasteiger partial charge in [-0.25, -0.2) is 4.68 Å². The summed E-state index contributed by atoms with van der Waals surface area (Å²) in [5.41, 5.74) is 0.894. The minimum Gasteiger partial charge on any atom is -0.337 e. The van der Waals surface area contributed by atoms with Gasteiger partial charge in [-0.1, -0.05) is 5.21 Å². The largest absolute Gasteiger partial charge is 0.337 e. The van der Waals surface area contributed by atoms with Crippen LogP contribution in [0, 0.1) is 0 Å². The van der Waals surface area contributed by atoms with Gasteiger partial charge in [0.1, 0.15) is 6.67 Å². The zero-order valence-electron chi connectivity index (χ0n) is 6.82. The van der Waals surface area contributed by atoms with Gasteiger partial charge in [-0.15, -0.1) is 14.3 Å². The maximum Gasteiger partial charge on any atom is 0.218 e. The summed E-state index contributed by atoms with van der Waals surface area (Å²) in [6.07, 6.45) is 2.57. The van der Waals surface area contributed by atoms with E-state index >= 15 is 0 Å². The highest BCUT2D eigenvalue weighted by Gasteiger charge is 1.97. The molecule has 12 heavy (non-hydrogen) atoms. The molecule has 6 heteroatoms. The molecule has 0 aliphatic heterocycles. The molecule has 66 valence electrons. The van der Waals surface area contributed by atoms with Crippen molar-refractivity contribution in [2.24, 2.45) is 0 Å². The second kappa shape index (κ2) is 4.16. The van der Waals surface area contributed by atoms with Crippen molar-refractivity contribution in [1.29, 1.82) is 0 Å². The van der Waals surface area contributed by atoms with Crippen LogP contribution in [-0.4, -0.2) is 20.9 Å². The van der Waals surface area contributed by atoms with Crippen LogP contribution in [0.25, 0.3) is 0 Å². The van der Waals surface area contributed by atoms with Gasteiger partial charge in [0.05, 0.1) is 11.9 Å². The summed E-state index contributed by atoms with van der Waals surface area (Å²) in [5, 5.41) is 10.3. The first kappa shape index (κ1) is 9.13. The Morgan fingerprint density at radius 1 is 1.83 bits per heavy atom. The van der Waals surface area contributed by atoms with Crippen LogP contribution in [0.5, 0.6) is 0 Å². The number of carbonyl (C=O) groups excluding carboxylic acids is 1. The van der Waals surface area contributed by atoms with Gasteiger partial charge >= 0.3 is 0 Å². The molecule has 1 amide bonds. The molecule has 1 heterocycles. The van der Waals surface area contributed by atoms with E-state index in [4.69, 9.17) is 0 Å². The summed E-state index contributed by atoms with van der Waals surface area (Å²) in [7, 11) is 2.56. The zero-order chi connectivity index (χ0) is 8.97. The number of amides is 1. The maximum absolute atomic E-state index is 10.5. The average Bonchev–Trinajstić information content (AvgIpc) is 2.48.